The van der Waals surface area contributed by atoms with Crippen LogP contribution in [0.2, 0.25) is 5.02 Å². The van der Waals surface area contributed by atoms with Crippen LogP contribution in [0.15, 0.2) is 24.3 Å². The molecular formula is C14H19ClN2O2. The number of nitrogens with one attached hydrogen (secondary N) is 1. The van der Waals surface area contributed by atoms with Gasteiger partial charge in [-0.1, -0.05) is 17.7 Å². The average Bonchev–Trinajstić information content (AvgIpc) is 2.32. The van der Waals surface area contributed by atoms with E-state index in [1.54, 1.807) is 0 Å². The number of hydrogen-bond donors (Lipinski definition) is 1. The summed E-state index contributed by atoms with van der Waals surface area (Å²) < 4.78 is 5.79. The van der Waals surface area contributed by atoms with Gasteiger partial charge in [0.2, 0.25) is 5.91 Å². The zero-order chi connectivity index (χ0) is 13.7. The van der Waals surface area contributed by atoms with E-state index in [1.165, 1.54) is 0 Å². The second-order valence-corrected chi connectivity index (χ2v) is 5.10. The van der Waals surface area contributed by atoms with Crippen LogP contribution in [-0.4, -0.2) is 43.1 Å². The molecule has 1 aromatic carbocycles. The third kappa shape index (κ3) is 4.40. The Bertz CT molecular complexity index is 433. The van der Waals surface area contributed by atoms with Crippen LogP contribution in [0.1, 0.15) is 13.3 Å². The van der Waals surface area contributed by atoms with Crippen molar-refractivity contribution in [3.8, 4) is 5.75 Å². The zero-order valence-corrected chi connectivity index (χ0v) is 11.8. The van der Waals surface area contributed by atoms with Crippen molar-refractivity contribution >= 4 is 17.5 Å². The summed E-state index contributed by atoms with van der Waals surface area (Å²) in [5.41, 5.74) is 0. The maximum Gasteiger partial charge on any atom is 0.221 e. The van der Waals surface area contributed by atoms with Crippen molar-refractivity contribution in [2.45, 2.75) is 19.4 Å². The van der Waals surface area contributed by atoms with Crippen LogP contribution in [0.25, 0.3) is 0 Å². The summed E-state index contributed by atoms with van der Waals surface area (Å²) in [6.45, 7) is 5.15. The van der Waals surface area contributed by atoms with E-state index in [2.05, 4.69) is 10.2 Å². The lowest BCUT2D eigenvalue weighted by molar-refractivity contribution is -0.121. The highest BCUT2D eigenvalue weighted by molar-refractivity contribution is 6.30. The van der Waals surface area contributed by atoms with Gasteiger partial charge in [-0.15, -0.1) is 0 Å². The number of hydrogen-bond acceptors (Lipinski definition) is 3. The fourth-order valence-corrected chi connectivity index (χ4v) is 2.24. The van der Waals surface area contributed by atoms with Crippen LogP contribution in [0.3, 0.4) is 0 Å². The monoisotopic (exact) mass is 282 g/mol. The van der Waals surface area contributed by atoms with Crippen LogP contribution >= 0.6 is 11.6 Å². The molecule has 0 spiro atoms. The predicted octanol–water partition coefficient (Wildman–Crippen LogP) is 1.93. The Morgan fingerprint density at radius 1 is 1.53 bits per heavy atom. The summed E-state index contributed by atoms with van der Waals surface area (Å²) in [6.07, 6.45) is 0.755. The molecule has 0 aromatic heterocycles. The first-order chi connectivity index (χ1) is 9.17. The molecule has 19 heavy (non-hydrogen) atoms. The van der Waals surface area contributed by atoms with Gasteiger partial charge < -0.3 is 10.1 Å². The Labute approximate surface area is 118 Å². The summed E-state index contributed by atoms with van der Waals surface area (Å²) in [5, 5.41) is 3.48. The fraction of sp³-hybridized carbons (Fsp3) is 0.500. The number of likely N-dealkylation sites (tertiary alicyclic amines) is 1. The molecule has 0 bridgehead atoms. The zero-order valence-electron chi connectivity index (χ0n) is 11.1. The minimum Gasteiger partial charge on any atom is -0.488 e. The summed E-state index contributed by atoms with van der Waals surface area (Å²) in [4.78, 5) is 13.5. The van der Waals surface area contributed by atoms with Crippen molar-refractivity contribution in [2.24, 2.45) is 0 Å². The van der Waals surface area contributed by atoms with Gasteiger partial charge in [-0.3, -0.25) is 9.69 Å². The third-order valence-corrected chi connectivity index (χ3v) is 3.29. The Morgan fingerprint density at radius 3 is 3.00 bits per heavy atom. The van der Waals surface area contributed by atoms with Crippen molar-refractivity contribution < 1.29 is 9.53 Å². The number of rotatable bonds is 6. The van der Waals surface area contributed by atoms with E-state index in [-0.39, 0.29) is 12.0 Å². The maximum atomic E-state index is 11.3. The molecule has 1 aromatic rings. The van der Waals surface area contributed by atoms with Gasteiger partial charge in [0.15, 0.2) is 0 Å². The molecule has 1 N–H and O–H groups in total. The third-order valence-electron chi connectivity index (χ3n) is 3.05. The molecule has 1 saturated heterocycles. The minimum atomic E-state index is 0.113. The Morgan fingerprint density at radius 2 is 2.32 bits per heavy atom. The number of amides is 1. The molecule has 4 nitrogen and oxygen atoms in total. The molecule has 1 amide bonds. The van der Waals surface area contributed by atoms with Gasteiger partial charge in [-0.2, -0.15) is 0 Å². The minimum absolute atomic E-state index is 0.113. The van der Waals surface area contributed by atoms with Crippen LogP contribution < -0.4 is 10.1 Å². The molecule has 0 unspecified atom stereocenters. The van der Waals surface area contributed by atoms with Gasteiger partial charge in [0.25, 0.3) is 0 Å². The molecule has 0 aliphatic carbocycles. The SMILES string of the molecule is CCNC(=O)CCN1CC(Oc2cccc(Cl)c2)C1. The highest BCUT2D eigenvalue weighted by Crippen LogP contribution is 2.21. The first kappa shape index (κ1) is 14.2. The van der Waals surface area contributed by atoms with Crippen molar-refractivity contribution in [3.05, 3.63) is 29.3 Å². The fourth-order valence-electron chi connectivity index (χ4n) is 2.06. The number of nitrogens with zero attached hydrogens (tertiary/aromatic N) is 1. The van der Waals surface area contributed by atoms with Crippen LogP contribution in [0.5, 0.6) is 5.75 Å². The van der Waals surface area contributed by atoms with Crippen LogP contribution in [-0.2, 0) is 4.79 Å². The maximum absolute atomic E-state index is 11.3. The lowest BCUT2D eigenvalue weighted by Crippen LogP contribution is -2.54. The number of halogens is 1. The Kier molecular flexibility index (Phi) is 5.05. The first-order valence-electron chi connectivity index (χ1n) is 6.58. The van der Waals surface area contributed by atoms with E-state index in [4.69, 9.17) is 16.3 Å². The van der Waals surface area contributed by atoms with E-state index in [1.807, 2.05) is 31.2 Å². The van der Waals surface area contributed by atoms with E-state index < -0.39 is 0 Å². The van der Waals surface area contributed by atoms with E-state index in [0.29, 0.717) is 18.0 Å². The Balaban J connectivity index is 1.65. The molecule has 0 radical (unpaired) electrons. The highest BCUT2D eigenvalue weighted by atomic mass is 35.5. The average molecular weight is 283 g/mol. The normalized spacial score (nSPS) is 15.9. The molecule has 1 aliphatic rings. The lowest BCUT2D eigenvalue weighted by Gasteiger charge is -2.38. The molecule has 2 rings (SSSR count). The highest BCUT2D eigenvalue weighted by Gasteiger charge is 2.28. The lowest BCUT2D eigenvalue weighted by atomic mass is 10.1. The van der Waals surface area contributed by atoms with Gasteiger partial charge >= 0.3 is 0 Å². The summed E-state index contributed by atoms with van der Waals surface area (Å²) in [6, 6.07) is 7.43. The van der Waals surface area contributed by atoms with Crippen LogP contribution in [0, 0.1) is 0 Å². The molecular weight excluding hydrogens is 264 g/mol. The molecule has 104 valence electrons. The molecule has 1 aliphatic heterocycles. The Hall–Kier alpha value is -1.26. The molecule has 0 saturated carbocycles. The van der Waals surface area contributed by atoms with Crippen molar-refractivity contribution in [1.29, 1.82) is 0 Å². The van der Waals surface area contributed by atoms with Crippen LogP contribution in [0.4, 0.5) is 0 Å². The standard InChI is InChI=1S/C14H19ClN2O2/c1-2-16-14(18)6-7-17-9-13(10-17)19-12-5-3-4-11(15)8-12/h3-5,8,13H,2,6-7,9-10H2,1H3,(H,16,18). The van der Waals surface area contributed by atoms with Crippen molar-refractivity contribution in [1.82, 2.24) is 10.2 Å². The second kappa shape index (κ2) is 6.78. The number of carbonyl (C=O) groups is 1. The van der Waals surface area contributed by atoms with Gasteiger partial charge in [0, 0.05) is 37.6 Å². The van der Waals surface area contributed by atoms with Gasteiger partial charge in [0.1, 0.15) is 11.9 Å². The summed E-state index contributed by atoms with van der Waals surface area (Å²) >= 11 is 5.90. The molecule has 5 heteroatoms. The topological polar surface area (TPSA) is 41.6 Å². The number of benzene rings is 1. The second-order valence-electron chi connectivity index (χ2n) is 4.66. The predicted molar refractivity (Wildman–Crippen MR) is 75.6 cm³/mol. The number of ether oxygens (including phenoxy) is 1. The van der Waals surface area contributed by atoms with Gasteiger partial charge in [-0.25, -0.2) is 0 Å². The van der Waals surface area contributed by atoms with E-state index >= 15 is 0 Å². The summed E-state index contributed by atoms with van der Waals surface area (Å²) in [7, 11) is 0. The van der Waals surface area contributed by atoms with E-state index in [0.717, 1.165) is 25.4 Å². The van der Waals surface area contributed by atoms with E-state index in [9.17, 15) is 4.79 Å². The van der Waals surface area contributed by atoms with Gasteiger partial charge in [0.05, 0.1) is 0 Å². The summed E-state index contributed by atoms with van der Waals surface area (Å²) in [5.74, 6) is 0.919. The van der Waals surface area contributed by atoms with Crippen molar-refractivity contribution in [3.63, 3.8) is 0 Å². The quantitative estimate of drug-likeness (QED) is 0.867. The number of carbonyl (C=O) groups excluding carboxylic acids is 1. The molecule has 0 atom stereocenters. The van der Waals surface area contributed by atoms with Crippen molar-refractivity contribution in [2.75, 3.05) is 26.2 Å². The smallest absolute Gasteiger partial charge is 0.221 e. The molecule has 1 fully saturated rings. The van der Waals surface area contributed by atoms with Gasteiger partial charge in [-0.05, 0) is 25.1 Å². The largest absolute Gasteiger partial charge is 0.488 e. The molecule has 1 heterocycles. The first-order valence-corrected chi connectivity index (χ1v) is 6.96.